The van der Waals surface area contributed by atoms with Gasteiger partial charge < -0.3 is 4.98 Å². The first-order chi connectivity index (χ1) is 6.43. The summed E-state index contributed by atoms with van der Waals surface area (Å²) in [6, 6.07) is 0.376. The summed E-state index contributed by atoms with van der Waals surface area (Å²) < 4.78 is 36.9. The van der Waals surface area contributed by atoms with Gasteiger partial charge >= 0.3 is 0 Å². The van der Waals surface area contributed by atoms with E-state index in [1.54, 1.807) is 4.98 Å². The number of hydrogen-bond acceptors (Lipinski definition) is 2. The van der Waals surface area contributed by atoms with E-state index in [2.05, 4.69) is 0 Å². The second-order valence-corrected chi connectivity index (χ2v) is 2.69. The summed E-state index contributed by atoms with van der Waals surface area (Å²) in [5.41, 5.74) is -3.20. The van der Waals surface area contributed by atoms with Crippen LogP contribution in [0.1, 0.15) is 22.5 Å². The number of rotatable bonds is 2. The number of aromatic nitrogens is 1. The van der Waals surface area contributed by atoms with Gasteiger partial charge in [0.1, 0.15) is 11.3 Å². The molecule has 0 aliphatic carbocycles. The van der Waals surface area contributed by atoms with E-state index < -0.39 is 34.3 Å². The van der Waals surface area contributed by atoms with Crippen LogP contribution in [-0.2, 0) is 0 Å². The molecule has 76 valence electrons. The minimum Gasteiger partial charge on any atom is -0.330 e. The molecular formula is C7H3ClF3NO2. The van der Waals surface area contributed by atoms with Gasteiger partial charge in [0.25, 0.3) is 11.7 Å². The van der Waals surface area contributed by atoms with Crippen molar-refractivity contribution >= 4 is 16.8 Å². The number of hydrogen-bond donors (Lipinski definition) is 1. The summed E-state index contributed by atoms with van der Waals surface area (Å²) in [6.07, 6.45) is -3.17. The SMILES string of the molecule is O=C(Cl)c1c(C(F)F)[nH]c(F)cc1=O. The van der Waals surface area contributed by atoms with Gasteiger partial charge in [-0.3, -0.25) is 9.59 Å². The molecule has 0 aromatic carbocycles. The molecule has 3 nitrogen and oxygen atoms in total. The van der Waals surface area contributed by atoms with E-state index in [-0.39, 0.29) is 0 Å². The zero-order valence-corrected chi connectivity index (χ0v) is 7.24. The number of H-pyrrole nitrogens is 1. The fraction of sp³-hybridized carbons (Fsp3) is 0.143. The highest BCUT2D eigenvalue weighted by Crippen LogP contribution is 2.19. The molecule has 0 saturated heterocycles. The lowest BCUT2D eigenvalue weighted by molar-refractivity contribution is 0.106. The molecule has 0 atom stereocenters. The zero-order valence-electron chi connectivity index (χ0n) is 6.48. The molecule has 1 heterocycles. The minimum atomic E-state index is -3.17. The molecular weight excluding hydrogens is 223 g/mol. The van der Waals surface area contributed by atoms with Crippen molar-refractivity contribution in [2.75, 3.05) is 0 Å². The Kier molecular flexibility index (Phi) is 2.95. The van der Waals surface area contributed by atoms with Crippen LogP contribution < -0.4 is 5.43 Å². The average molecular weight is 226 g/mol. The first-order valence-electron chi connectivity index (χ1n) is 3.34. The zero-order chi connectivity index (χ0) is 10.9. The van der Waals surface area contributed by atoms with Crippen LogP contribution in [0.25, 0.3) is 0 Å². The van der Waals surface area contributed by atoms with Crippen LogP contribution in [0.4, 0.5) is 13.2 Å². The van der Waals surface area contributed by atoms with Gasteiger partial charge in [-0.2, -0.15) is 4.39 Å². The molecule has 0 amide bonds. The summed E-state index contributed by atoms with van der Waals surface area (Å²) in [7, 11) is 0. The number of aromatic amines is 1. The van der Waals surface area contributed by atoms with E-state index in [1.807, 2.05) is 0 Å². The number of carbonyl (C=O) groups excluding carboxylic acids is 1. The van der Waals surface area contributed by atoms with Crippen LogP contribution in [0.2, 0.25) is 0 Å². The topological polar surface area (TPSA) is 49.9 Å². The van der Waals surface area contributed by atoms with E-state index in [0.29, 0.717) is 6.07 Å². The summed E-state index contributed by atoms with van der Waals surface area (Å²) in [4.78, 5) is 23.1. The van der Waals surface area contributed by atoms with Crippen LogP contribution in [-0.4, -0.2) is 10.2 Å². The van der Waals surface area contributed by atoms with Crippen LogP contribution in [0, 0.1) is 5.95 Å². The first kappa shape index (κ1) is 10.8. The van der Waals surface area contributed by atoms with Crippen molar-refractivity contribution in [3.63, 3.8) is 0 Å². The quantitative estimate of drug-likeness (QED) is 0.617. The number of carbonyl (C=O) groups is 1. The summed E-state index contributed by atoms with van der Waals surface area (Å²) in [5, 5.41) is -1.35. The number of pyridine rings is 1. The van der Waals surface area contributed by atoms with Crippen LogP contribution in [0.3, 0.4) is 0 Å². The lowest BCUT2D eigenvalue weighted by Gasteiger charge is -2.03. The lowest BCUT2D eigenvalue weighted by atomic mass is 10.2. The van der Waals surface area contributed by atoms with E-state index in [4.69, 9.17) is 11.6 Å². The second kappa shape index (κ2) is 3.83. The van der Waals surface area contributed by atoms with Crippen LogP contribution in [0.5, 0.6) is 0 Å². The van der Waals surface area contributed by atoms with Crippen molar-refractivity contribution in [1.82, 2.24) is 4.98 Å². The van der Waals surface area contributed by atoms with Gasteiger partial charge in [-0.1, -0.05) is 0 Å². The third-order valence-electron chi connectivity index (χ3n) is 1.44. The van der Waals surface area contributed by atoms with E-state index in [1.165, 1.54) is 0 Å². The average Bonchev–Trinajstić information content (AvgIpc) is 2.01. The molecule has 0 spiro atoms. The molecule has 14 heavy (non-hydrogen) atoms. The highest BCUT2D eigenvalue weighted by Gasteiger charge is 2.22. The number of alkyl halides is 2. The van der Waals surface area contributed by atoms with Gasteiger partial charge in [-0.05, 0) is 11.6 Å². The van der Waals surface area contributed by atoms with Gasteiger partial charge in [-0.15, -0.1) is 0 Å². The number of nitrogens with one attached hydrogen (secondary N) is 1. The molecule has 0 aliphatic rings. The summed E-state index contributed by atoms with van der Waals surface area (Å²) in [6.45, 7) is 0. The van der Waals surface area contributed by atoms with Crippen molar-refractivity contribution in [2.24, 2.45) is 0 Å². The standard InChI is InChI=1S/C7H3ClF3NO2/c8-6(14)4-2(13)1-3(9)12-5(4)7(10)11/h1,7H,(H,12,13). The molecule has 1 aromatic heterocycles. The predicted molar refractivity (Wildman–Crippen MR) is 42.2 cm³/mol. The van der Waals surface area contributed by atoms with Gasteiger partial charge in [0.05, 0.1) is 0 Å². The van der Waals surface area contributed by atoms with Crippen molar-refractivity contribution in [2.45, 2.75) is 6.43 Å². The van der Waals surface area contributed by atoms with Gasteiger partial charge in [0.2, 0.25) is 0 Å². The summed E-state index contributed by atoms with van der Waals surface area (Å²) in [5.74, 6) is -1.24. The van der Waals surface area contributed by atoms with Gasteiger partial charge in [0.15, 0.2) is 11.4 Å². The molecule has 7 heteroatoms. The molecule has 0 aliphatic heterocycles. The second-order valence-electron chi connectivity index (χ2n) is 2.34. The molecule has 0 bridgehead atoms. The maximum absolute atomic E-state index is 12.5. The molecule has 1 aromatic rings. The third kappa shape index (κ3) is 1.95. The van der Waals surface area contributed by atoms with Crippen LogP contribution >= 0.6 is 11.6 Å². The maximum atomic E-state index is 12.5. The molecule has 0 radical (unpaired) electrons. The Morgan fingerprint density at radius 3 is 2.50 bits per heavy atom. The Morgan fingerprint density at radius 1 is 1.50 bits per heavy atom. The first-order valence-corrected chi connectivity index (χ1v) is 3.72. The van der Waals surface area contributed by atoms with Crippen molar-refractivity contribution in [1.29, 1.82) is 0 Å². The molecule has 1 N–H and O–H groups in total. The Morgan fingerprint density at radius 2 is 2.07 bits per heavy atom. The predicted octanol–water partition coefficient (Wildman–Crippen LogP) is 1.83. The summed E-state index contributed by atoms with van der Waals surface area (Å²) >= 11 is 4.90. The fourth-order valence-corrected chi connectivity index (χ4v) is 1.11. The Labute approximate surface area is 80.5 Å². The van der Waals surface area contributed by atoms with Gasteiger partial charge in [-0.25, -0.2) is 8.78 Å². The van der Waals surface area contributed by atoms with Gasteiger partial charge in [0, 0.05) is 6.07 Å². The normalized spacial score (nSPS) is 10.6. The highest BCUT2D eigenvalue weighted by molar-refractivity contribution is 6.67. The van der Waals surface area contributed by atoms with Crippen molar-refractivity contribution in [3.05, 3.63) is 33.5 Å². The largest absolute Gasteiger partial charge is 0.330 e. The molecule has 0 unspecified atom stereocenters. The monoisotopic (exact) mass is 225 g/mol. The Hall–Kier alpha value is -1.30. The fourth-order valence-electron chi connectivity index (χ4n) is 0.914. The number of halogens is 4. The lowest BCUT2D eigenvalue weighted by Crippen LogP contribution is -2.17. The third-order valence-corrected chi connectivity index (χ3v) is 1.63. The molecule has 0 fully saturated rings. The molecule has 1 rings (SSSR count). The van der Waals surface area contributed by atoms with Crippen molar-refractivity contribution in [3.8, 4) is 0 Å². The smallest absolute Gasteiger partial charge is 0.279 e. The van der Waals surface area contributed by atoms with Crippen LogP contribution in [0.15, 0.2) is 10.9 Å². The Balaban J connectivity index is 3.53. The minimum absolute atomic E-state index is 0.376. The van der Waals surface area contributed by atoms with Crippen molar-refractivity contribution < 1.29 is 18.0 Å². The maximum Gasteiger partial charge on any atom is 0.279 e. The van der Waals surface area contributed by atoms with E-state index in [0.717, 1.165) is 0 Å². The molecule has 0 saturated carbocycles. The Bertz CT molecular complexity index is 429. The highest BCUT2D eigenvalue weighted by atomic mass is 35.5. The van der Waals surface area contributed by atoms with E-state index >= 15 is 0 Å². The van der Waals surface area contributed by atoms with E-state index in [9.17, 15) is 22.8 Å².